The number of nitrogens with two attached hydrogens (primary N) is 1. The van der Waals surface area contributed by atoms with E-state index in [2.05, 4.69) is 9.72 Å². The van der Waals surface area contributed by atoms with Crippen LogP contribution in [0.1, 0.15) is 5.82 Å². The van der Waals surface area contributed by atoms with Crippen LogP contribution in [0.4, 0.5) is 13.2 Å². The molecule has 1 aromatic rings. The van der Waals surface area contributed by atoms with E-state index in [1.807, 2.05) is 0 Å². The zero-order chi connectivity index (χ0) is 11.3. The summed E-state index contributed by atoms with van der Waals surface area (Å²) in [5.74, 6) is 0.625. The molecule has 4 nitrogen and oxygen atoms in total. The third-order valence-corrected chi connectivity index (χ3v) is 1.67. The minimum absolute atomic E-state index is 0.158. The molecule has 15 heavy (non-hydrogen) atoms. The smallest absolute Gasteiger partial charge is 0.351 e. The highest BCUT2D eigenvalue weighted by molar-refractivity contribution is 4.91. The molecule has 7 heteroatoms. The maximum absolute atomic E-state index is 11.8. The van der Waals surface area contributed by atoms with Crippen LogP contribution < -0.4 is 5.73 Å². The summed E-state index contributed by atoms with van der Waals surface area (Å²) in [6.07, 6.45) is -0.722. The second-order valence-electron chi connectivity index (χ2n) is 2.94. The van der Waals surface area contributed by atoms with Crippen molar-refractivity contribution in [1.29, 1.82) is 0 Å². The molecule has 0 amide bonds. The Hall–Kier alpha value is -1.08. The Labute approximate surface area is 84.8 Å². The van der Waals surface area contributed by atoms with Crippen molar-refractivity contribution in [3.63, 3.8) is 0 Å². The Morgan fingerprint density at radius 1 is 1.47 bits per heavy atom. The molecule has 0 atom stereocenters. The Morgan fingerprint density at radius 3 is 2.80 bits per heavy atom. The fourth-order valence-corrected chi connectivity index (χ4v) is 1.07. The summed E-state index contributed by atoms with van der Waals surface area (Å²) in [5.41, 5.74) is 5.31. The summed E-state index contributed by atoms with van der Waals surface area (Å²) in [7, 11) is 0. The third kappa shape index (κ3) is 4.30. The van der Waals surface area contributed by atoms with Crippen LogP contribution in [-0.4, -0.2) is 28.9 Å². The second-order valence-corrected chi connectivity index (χ2v) is 2.94. The Bertz CT molecular complexity index is 298. The van der Waals surface area contributed by atoms with Gasteiger partial charge in [0.1, 0.15) is 19.2 Å². The molecule has 0 aliphatic heterocycles. The first-order valence-corrected chi connectivity index (χ1v) is 4.37. The van der Waals surface area contributed by atoms with Gasteiger partial charge < -0.3 is 15.0 Å². The van der Waals surface area contributed by atoms with Gasteiger partial charge in [-0.05, 0) is 6.54 Å². The average molecular weight is 223 g/mol. The van der Waals surface area contributed by atoms with Crippen molar-refractivity contribution in [3.8, 4) is 0 Å². The molecule has 1 aromatic heterocycles. The van der Waals surface area contributed by atoms with E-state index >= 15 is 0 Å². The highest BCUT2D eigenvalue weighted by Gasteiger charge is 2.27. The molecule has 1 heterocycles. The maximum atomic E-state index is 11.8. The van der Waals surface area contributed by atoms with Gasteiger partial charge in [-0.25, -0.2) is 4.98 Å². The van der Waals surface area contributed by atoms with Crippen LogP contribution in [-0.2, 0) is 17.9 Å². The van der Waals surface area contributed by atoms with Crippen LogP contribution in [0.5, 0.6) is 0 Å². The first kappa shape index (κ1) is 12.0. The topological polar surface area (TPSA) is 53.1 Å². The Morgan fingerprint density at radius 2 is 2.20 bits per heavy atom. The molecule has 0 aliphatic carbocycles. The highest BCUT2D eigenvalue weighted by Crippen LogP contribution is 2.14. The first-order valence-electron chi connectivity index (χ1n) is 4.37. The van der Waals surface area contributed by atoms with Crippen molar-refractivity contribution in [2.75, 3.05) is 13.2 Å². The minimum atomic E-state index is -4.30. The number of aromatic nitrogens is 2. The number of halogens is 3. The number of nitrogens with zero attached hydrogens (tertiary/aromatic N) is 2. The van der Waals surface area contributed by atoms with Crippen molar-refractivity contribution in [3.05, 3.63) is 18.2 Å². The molecule has 0 radical (unpaired) electrons. The van der Waals surface area contributed by atoms with E-state index < -0.39 is 12.8 Å². The van der Waals surface area contributed by atoms with Crippen molar-refractivity contribution in [2.24, 2.45) is 5.73 Å². The van der Waals surface area contributed by atoms with Gasteiger partial charge in [0.2, 0.25) is 0 Å². The van der Waals surface area contributed by atoms with Gasteiger partial charge in [-0.2, -0.15) is 13.2 Å². The van der Waals surface area contributed by atoms with Crippen LogP contribution in [0.2, 0.25) is 0 Å². The van der Waals surface area contributed by atoms with E-state index in [1.54, 1.807) is 6.20 Å². The summed E-state index contributed by atoms with van der Waals surface area (Å²) < 4.78 is 41.3. The predicted molar refractivity (Wildman–Crippen MR) is 47.0 cm³/mol. The normalized spacial score (nSPS) is 12.0. The second kappa shape index (κ2) is 5.13. The minimum Gasteiger partial charge on any atom is -0.351 e. The van der Waals surface area contributed by atoms with Crippen LogP contribution in [0, 0.1) is 0 Å². The van der Waals surface area contributed by atoms with E-state index in [4.69, 9.17) is 5.73 Å². The van der Waals surface area contributed by atoms with Crippen LogP contribution >= 0.6 is 0 Å². The molecule has 0 saturated heterocycles. The predicted octanol–water partition coefficient (Wildman–Crippen LogP) is 0.921. The fraction of sp³-hybridized carbons (Fsp3) is 0.625. The third-order valence-electron chi connectivity index (χ3n) is 1.67. The Kier molecular flexibility index (Phi) is 4.10. The summed E-state index contributed by atoms with van der Waals surface area (Å²) in [6, 6.07) is 0. The molecule has 0 spiro atoms. The van der Waals surface area contributed by atoms with Crippen molar-refractivity contribution in [2.45, 2.75) is 19.3 Å². The quantitative estimate of drug-likeness (QED) is 0.807. The SMILES string of the molecule is NCCc1nccn1COCC(F)(F)F. The van der Waals surface area contributed by atoms with E-state index in [0.29, 0.717) is 18.8 Å². The molecule has 0 unspecified atom stereocenters. The summed E-state index contributed by atoms with van der Waals surface area (Å²) in [6.45, 7) is -1.02. The van der Waals surface area contributed by atoms with Gasteiger partial charge in [0, 0.05) is 18.8 Å². The molecule has 0 aromatic carbocycles. The molecule has 2 N–H and O–H groups in total. The zero-order valence-electron chi connectivity index (χ0n) is 8.00. The standard InChI is InChI=1S/C8H12F3N3O/c9-8(10,11)5-15-6-14-4-3-13-7(14)1-2-12/h3-4H,1-2,5-6,12H2. The number of ether oxygens (including phenoxy) is 1. The van der Waals surface area contributed by atoms with E-state index in [1.165, 1.54) is 10.8 Å². The van der Waals surface area contributed by atoms with E-state index in [9.17, 15) is 13.2 Å². The van der Waals surface area contributed by atoms with Crippen molar-refractivity contribution >= 4 is 0 Å². The van der Waals surface area contributed by atoms with Gasteiger partial charge in [-0.1, -0.05) is 0 Å². The number of rotatable bonds is 5. The van der Waals surface area contributed by atoms with Gasteiger partial charge in [-0.15, -0.1) is 0 Å². The molecule has 0 bridgehead atoms. The van der Waals surface area contributed by atoms with Gasteiger partial charge in [0.25, 0.3) is 0 Å². The lowest BCUT2D eigenvalue weighted by Gasteiger charge is -2.10. The van der Waals surface area contributed by atoms with E-state index in [-0.39, 0.29) is 6.73 Å². The molecule has 86 valence electrons. The fourth-order valence-electron chi connectivity index (χ4n) is 1.07. The highest BCUT2D eigenvalue weighted by atomic mass is 19.4. The van der Waals surface area contributed by atoms with Gasteiger partial charge in [-0.3, -0.25) is 0 Å². The average Bonchev–Trinajstić information content (AvgIpc) is 2.51. The van der Waals surface area contributed by atoms with Crippen molar-refractivity contribution < 1.29 is 17.9 Å². The molecule has 0 aliphatic rings. The first-order chi connectivity index (χ1) is 7.03. The summed E-state index contributed by atoms with van der Waals surface area (Å²) in [5, 5.41) is 0. The lowest BCUT2D eigenvalue weighted by atomic mass is 10.4. The van der Waals surface area contributed by atoms with Crippen LogP contribution in [0.15, 0.2) is 12.4 Å². The molecule has 0 saturated carbocycles. The Balaban J connectivity index is 2.40. The largest absolute Gasteiger partial charge is 0.411 e. The number of hydrogen-bond acceptors (Lipinski definition) is 3. The molecule has 1 rings (SSSR count). The zero-order valence-corrected chi connectivity index (χ0v) is 8.00. The maximum Gasteiger partial charge on any atom is 0.411 e. The monoisotopic (exact) mass is 223 g/mol. The van der Waals surface area contributed by atoms with Gasteiger partial charge in [0.15, 0.2) is 0 Å². The number of imidazole rings is 1. The number of hydrogen-bond donors (Lipinski definition) is 1. The lowest BCUT2D eigenvalue weighted by Crippen LogP contribution is -2.19. The van der Waals surface area contributed by atoms with Gasteiger partial charge >= 0.3 is 6.18 Å². The summed E-state index contributed by atoms with van der Waals surface area (Å²) >= 11 is 0. The van der Waals surface area contributed by atoms with E-state index in [0.717, 1.165) is 0 Å². The van der Waals surface area contributed by atoms with Crippen LogP contribution in [0.3, 0.4) is 0 Å². The van der Waals surface area contributed by atoms with Gasteiger partial charge in [0.05, 0.1) is 0 Å². The lowest BCUT2D eigenvalue weighted by molar-refractivity contribution is -0.182. The molecule has 0 fully saturated rings. The molecular formula is C8H12F3N3O. The van der Waals surface area contributed by atoms with Crippen molar-refractivity contribution in [1.82, 2.24) is 9.55 Å². The summed E-state index contributed by atoms with van der Waals surface area (Å²) in [4.78, 5) is 3.94. The molecular weight excluding hydrogens is 211 g/mol. The van der Waals surface area contributed by atoms with Crippen LogP contribution in [0.25, 0.3) is 0 Å². The number of alkyl halides is 3.